The van der Waals surface area contributed by atoms with Crippen LogP contribution in [0.25, 0.3) is 0 Å². The van der Waals surface area contributed by atoms with E-state index in [1.165, 1.54) is 0 Å². The van der Waals surface area contributed by atoms with Crippen molar-refractivity contribution in [1.29, 1.82) is 0 Å². The summed E-state index contributed by atoms with van der Waals surface area (Å²) in [5.41, 5.74) is 0. The van der Waals surface area contributed by atoms with Crippen molar-refractivity contribution in [3.05, 3.63) is 30.3 Å². The van der Waals surface area contributed by atoms with Crippen molar-refractivity contribution >= 4 is 12.0 Å². The van der Waals surface area contributed by atoms with Crippen LogP contribution in [0.2, 0.25) is 0 Å². The van der Waals surface area contributed by atoms with Crippen LogP contribution in [0.4, 0.5) is 4.79 Å². The van der Waals surface area contributed by atoms with Crippen LogP contribution in [0.1, 0.15) is 19.8 Å². The van der Waals surface area contributed by atoms with E-state index in [0.29, 0.717) is 38.2 Å². The fourth-order valence-corrected chi connectivity index (χ4v) is 2.30. The summed E-state index contributed by atoms with van der Waals surface area (Å²) in [4.78, 5) is 25.3. The molecule has 20 heavy (non-hydrogen) atoms. The summed E-state index contributed by atoms with van der Waals surface area (Å²) in [6.07, 6.45) is 1.04. The third-order valence-electron chi connectivity index (χ3n) is 3.42. The summed E-state index contributed by atoms with van der Waals surface area (Å²) in [6, 6.07) is 9.02. The summed E-state index contributed by atoms with van der Waals surface area (Å²) in [5.74, 6) is 0.641. The first-order valence-electron chi connectivity index (χ1n) is 7.00. The number of likely N-dealkylation sites (tertiary alicyclic amines) is 1. The van der Waals surface area contributed by atoms with Gasteiger partial charge in [0.15, 0.2) is 0 Å². The number of nitrogens with one attached hydrogen (secondary N) is 1. The standard InChI is InChI=1S/C15H20N2O3/c1-2-16-14(18)12-8-10-17(11-9-12)15(19)20-13-6-4-3-5-7-13/h3-7,12H,2,8-11H2,1H3,(H,16,18). The number of ether oxygens (including phenoxy) is 1. The predicted octanol–water partition coefficient (Wildman–Crippen LogP) is 2.03. The quantitative estimate of drug-likeness (QED) is 0.919. The molecule has 1 saturated heterocycles. The third-order valence-corrected chi connectivity index (χ3v) is 3.42. The molecule has 1 aromatic carbocycles. The average molecular weight is 276 g/mol. The van der Waals surface area contributed by atoms with Crippen LogP contribution >= 0.6 is 0 Å². The van der Waals surface area contributed by atoms with E-state index in [2.05, 4.69) is 5.32 Å². The molecule has 0 atom stereocenters. The van der Waals surface area contributed by atoms with Gasteiger partial charge in [0.05, 0.1) is 0 Å². The first kappa shape index (κ1) is 14.4. The average Bonchev–Trinajstić information content (AvgIpc) is 2.48. The summed E-state index contributed by atoms with van der Waals surface area (Å²) in [6.45, 7) is 3.68. The molecule has 0 saturated carbocycles. The predicted molar refractivity (Wildman–Crippen MR) is 75.4 cm³/mol. The Morgan fingerprint density at radius 1 is 1.25 bits per heavy atom. The normalized spacial score (nSPS) is 15.8. The largest absolute Gasteiger partial charge is 0.415 e. The molecule has 108 valence electrons. The number of hydrogen-bond donors (Lipinski definition) is 1. The number of amides is 2. The molecule has 1 aliphatic heterocycles. The van der Waals surface area contributed by atoms with E-state index >= 15 is 0 Å². The Bertz CT molecular complexity index is 453. The number of para-hydroxylation sites is 1. The van der Waals surface area contributed by atoms with Gasteiger partial charge in [0, 0.05) is 25.6 Å². The lowest BCUT2D eigenvalue weighted by molar-refractivity contribution is -0.126. The molecule has 0 radical (unpaired) electrons. The molecule has 0 aliphatic carbocycles. The van der Waals surface area contributed by atoms with Crippen molar-refractivity contribution in [2.75, 3.05) is 19.6 Å². The van der Waals surface area contributed by atoms with Gasteiger partial charge in [0.2, 0.25) is 5.91 Å². The molecule has 2 rings (SSSR count). The van der Waals surface area contributed by atoms with Crippen LogP contribution in [0, 0.1) is 5.92 Å². The van der Waals surface area contributed by atoms with E-state index in [1.54, 1.807) is 17.0 Å². The lowest BCUT2D eigenvalue weighted by Crippen LogP contribution is -2.44. The van der Waals surface area contributed by atoms with Crippen molar-refractivity contribution in [1.82, 2.24) is 10.2 Å². The first-order valence-corrected chi connectivity index (χ1v) is 7.00. The summed E-state index contributed by atoms with van der Waals surface area (Å²) >= 11 is 0. The fraction of sp³-hybridized carbons (Fsp3) is 0.467. The van der Waals surface area contributed by atoms with Gasteiger partial charge in [-0.25, -0.2) is 4.79 Å². The summed E-state index contributed by atoms with van der Waals surface area (Å²) in [5, 5.41) is 2.83. The molecule has 2 amide bonds. The van der Waals surface area contributed by atoms with E-state index in [0.717, 1.165) is 0 Å². The molecule has 5 heteroatoms. The highest BCUT2D eigenvalue weighted by atomic mass is 16.6. The van der Waals surface area contributed by atoms with Crippen molar-refractivity contribution < 1.29 is 14.3 Å². The SMILES string of the molecule is CCNC(=O)C1CCN(C(=O)Oc2ccccc2)CC1. The first-order chi connectivity index (χ1) is 9.70. The number of carbonyl (C=O) groups excluding carboxylic acids is 2. The minimum Gasteiger partial charge on any atom is -0.410 e. The fourth-order valence-electron chi connectivity index (χ4n) is 2.30. The zero-order chi connectivity index (χ0) is 14.4. The molecule has 1 aromatic rings. The lowest BCUT2D eigenvalue weighted by atomic mass is 9.96. The zero-order valence-corrected chi connectivity index (χ0v) is 11.7. The molecular weight excluding hydrogens is 256 g/mol. The smallest absolute Gasteiger partial charge is 0.410 e. The maximum Gasteiger partial charge on any atom is 0.415 e. The number of hydrogen-bond acceptors (Lipinski definition) is 3. The summed E-state index contributed by atoms with van der Waals surface area (Å²) in [7, 11) is 0. The second-order valence-corrected chi connectivity index (χ2v) is 4.84. The Labute approximate surface area is 118 Å². The highest BCUT2D eigenvalue weighted by Gasteiger charge is 2.27. The van der Waals surface area contributed by atoms with Gasteiger partial charge in [-0.2, -0.15) is 0 Å². The van der Waals surface area contributed by atoms with Gasteiger partial charge < -0.3 is 15.0 Å². The van der Waals surface area contributed by atoms with Gasteiger partial charge in [0.1, 0.15) is 5.75 Å². The van der Waals surface area contributed by atoms with Crippen LogP contribution in [0.5, 0.6) is 5.75 Å². The van der Waals surface area contributed by atoms with Gasteiger partial charge in [-0.1, -0.05) is 18.2 Å². The van der Waals surface area contributed by atoms with Crippen LogP contribution in [-0.2, 0) is 4.79 Å². The highest BCUT2D eigenvalue weighted by Crippen LogP contribution is 2.19. The summed E-state index contributed by atoms with van der Waals surface area (Å²) < 4.78 is 5.28. The maximum absolute atomic E-state index is 12.0. The van der Waals surface area contributed by atoms with Crippen LogP contribution in [0.15, 0.2) is 30.3 Å². The van der Waals surface area contributed by atoms with E-state index < -0.39 is 0 Å². The van der Waals surface area contributed by atoms with Gasteiger partial charge in [0.25, 0.3) is 0 Å². The Morgan fingerprint density at radius 2 is 1.90 bits per heavy atom. The van der Waals surface area contributed by atoms with Gasteiger partial charge in [-0.3, -0.25) is 4.79 Å². The van der Waals surface area contributed by atoms with Crippen molar-refractivity contribution in [3.63, 3.8) is 0 Å². The lowest BCUT2D eigenvalue weighted by Gasteiger charge is -2.30. The zero-order valence-electron chi connectivity index (χ0n) is 11.7. The molecule has 0 spiro atoms. The minimum absolute atomic E-state index is 0.00993. The molecule has 0 unspecified atom stereocenters. The highest BCUT2D eigenvalue weighted by molar-refractivity contribution is 5.79. The van der Waals surface area contributed by atoms with Crippen LogP contribution < -0.4 is 10.1 Å². The van der Waals surface area contributed by atoms with Gasteiger partial charge in [-0.05, 0) is 31.9 Å². The molecule has 1 N–H and O–H groups in total. The van der Waals surface area contributed by atoms with Crippen LogP contribution in [0.3, 0.4) is 0 Å². The molecule has 0 bridgehead atoms. The number of carbonyl (C=O) groups is 2. The molecule has 1 heterocycles. The monoisotopic (exact) mass is 276 g/mol. The Balaban J connectivity index is 1.81. The third kappa shape index (κ3) is 3.73. The second-order valence-electron chi connectivity index (χ2n) is 4.84. The second kappa shape index (κ2) is 6.93. The number of piperidine rings is 1. The van der Waals surface area contributed by atoms with Gasteiger partial charge >= 0.3 is 6.09 Å². The molecule has 1 aliphatic rings. The van der Waals surface area contributed by atoms with Crippen LogP contribution in [-0.4, -0.2) is 36.5 Å². The minimum atomic E-state index is -0.342. The van der Waals surface area contributed by atoms with Gasteiger partial charge in [-0.15, -0.1) is 0 Å². The van der Waals surface area contributed by atoms with E-state index in [4.69, 9.17) is 4.74 Å². The molecular formula is C15H20N2O3. The Kier molecular flexibility index (Phi) is 4.98. The molecule has 5 nitrogen and oxygen atoms in total. The van der Waals surface area contributed by atoms with E-state index in [-0.39, 0.29) is 17.9 Å². The number of nitrogens with zero attached hydrogens (tertiary/aromatic N) is 1. The maximum atomic E-state index is 12.0. The molecule has 1 fully saturated rings. The topological polar surface area (TPSA) is 58.6 Å². The Hall–Kier alpha value is -2.04. The van der Waals surface area contributed by atoms with Crippen molar-refractivity contribution in [2.45, 2.75) is 19.8 Å². The number of benzene rings is 1. The van der Waals surface area contributed by atoms with Crippen molar-refractivity contribution in [2.24, 2.45) is 5.92 Å². The van der Waals surface area contributed by atoms with Crippen molar-refractivity contribution in [3.8, 4) is 5.75 Å². The van der Waals surface area contributed by atoms with E-state index in [9.17, 15) is 9.59 Å². The Morgan fingerprint density at radius 3 is 2.50 bits per heavy atom. The van der Waals surface area contributed by atoms with E-state index in [1.807, 2.05) is 25.1 Å². The molecule has 0 aromatic heterocycles. The number of rotatable bonds is 3.